The molecule has 4 heteroatoms. The fourth-order valence-corrected chi connectivity index (χ4v) is 1.64. The van der Waals surface area contributed by atoms with Crippen LogP contribution in [0.5, 0.6) is 5.75 Å². The Morgan fingerprint density at radius 1 is 1.38 bits per heavy atom. The van der Waals surface area contributed by atoms with E-state index >= 15 is 0 Å². The van der Waals surface area contributed by atoms with Crippen molar-refractivity contribution in [2.75, 3.05) is 13.7 Å². The van der Waals surface area contributed by atoms with Crippen molar-refractivity contribution in [3.05, 3.63) is 30.0 Å². The fraction of sp³-hybridized carbons (Fsp3) is 0.250. The third-order valence-electron chi connectivity index (χ3n) is 2.44. The van der Waals surface area contributed by atoms with Gasteiger partial charge in [0.25, 0.3) is 6.47 Å². The first kappa shape index (κ1) is 10.5. The molecule has 84 valence electrons. The van der Waals surface area contributed by atoms with E-state index in [1.807, 2.05) is 24.3 Å². The van der Waals surface area contributed by atoms with Crippen molar-refractivity contribution in [3.8, 4) is 5.75 Å². The zero-order valence-electron chi connectivity index (χ0n) is 9.03. The molecule has 1 heterocycles. The lowest BCUT2D eigenvalue weighted by Gasteiger charge is -1.97. The first-order chi connectivity index (χ1) is 7.83. The Kier molecular flexibility index (Phi) is 3.10. The average Bonchev–Trinajstić information content (AvgIpc) is 2.70. The van der Waals surface area contributed by atoms with Gasteiger partial charge in [-0.15, -0.1) is 0 Å². The summed E-state index contributed by atoms with van der Waals surface area (Å²) in [5.41, 5.74) is 2.07. The summed E-state index contributed by atoms with van der Waals surface area (Å²) in [4.78, 5) is 13.3. The van der Waals surface area contributed by atoms with Crippen molar-refractivity contribution in [2.45, 2.75) is 6.42 Å². The van der Waals surface area contributed by atoms with E-state index in [0.717, 1.165) is 22.3 Å². The molecule has 1 N–H and O–H groups in total. The van der Waals surface area contributed by atoms with Crippen LogP contribution >= 0.6 is 0 Å². The maximum absolute atomic E-state index is 10.0. The van der Waals surface area contributed by atoms with Gasteiger partial charge in [0, 0.05) is 23.7 Å². The number of rotatable bonds is 5. The maximum atomic E-state index is 10.0. The normalized spacial score (nSPS) is 10.3. The van der Waals surface area contributed by atoms with Crippen molar-refractivity contribution in [3.63, 3.8) is 0 Å². The van der Waals surface area contributed by atoms with E-state index in [0.29, 0.717) is 19.5 Å². The molecule has 16 heavy (non-hydrogen) atoms. The van der Waals surface area contributed by atoms with Gasteiger partial charge in [-0.1, -0.05) is 0 Å². The molecular weight excluding hydrogens is 206 g/mol. The number of benzene rings is 1. The number of nitrogens with one attached hydrogen (secondary N) is 1. The van der Waals surface area contributed by atoms with Gasteiger partial charge < -0.3 is 14.5 Å². The van der Waals surface area contributed by atoms with E-state index in [1.165, 1.54) is 0 Å². The molecule has 2 aromatic rings. The Hall–Kier alpha value is -1.97. The predicted octanol–water partition coefficient (Wildman–Crippen LogP) is 1.89. The molecule has 0 saturated carbocycles. The van der Waals surface area contributed by atoms with Gasteiger partial charge in [-0.25, -0.2) is 0 Å². The molecule has 1 aromatic carbocycles. The molecule has 0 saturated heterocycles. The summed E-state index contributed by atoms with van der Waals surface area (Å²) in [6.45, 7) is 0.860. The van der Waals surface area contributed by atoms with Gasteiger partial charge in [-0.05, 0) is 23.6 Å². The van der Waals surface area contributed by atoms with Crippen LogP contribution in [0.25, 0.3) is 10.9 Å². The fourth-order valence-electron chi connectivity index (χ4n) is 1.64. The van der Waals surface area contributed by atoms with Gasteiger partial charge in [0.2, 0.25) is 0 Å². The zero-order chi connectivity index (χ0) is 11.4. The number of fused-ring (bicyclic) bond motifs is 1. The summed E-state index contributed by atoms with van der Waals surface area (Å²) in [5, 5.41) is 1.13. The van der Waals surface area contributed by atoms with Crippen molar-refractivity contribution in [1.29, 1.82) is 0 Å². The average molecular weight is 219 g/mol. The highest BCUT2D eigenvalue weighted by Gasteiger charge is 2.02. The lowest BCUT2D eigenvalue weighted by Crippen LogP contribution is -1.96. The second-order valence-electron chi connectivity index (χ2n) is 3.46. The molecule has 0 amide bonds. The smallest absolute Gasteiger partial charge is 0.293 e. The van der Waals surface area contributed by atoms with Crippen LogP contribution in [0.15, 0.2) is 24.3 Å². The number of aromatic amines is 1. The van der Waals surface area contributed by atoms with Crippen molar-refractivity contribution in [2.24, 2.45) is 0 Å². The Bertz CT molecular complexity index is 490. The van der Waals surface area contributed by atoms with Crippen molar-refractivity contribution < 1.29 is 14.3 Å². The van der Waals surface area contributed by atoms with Gasteiger partial charge in [0.1, 0.15) is 5.75 Å². The largest absolute Gasteiger partial charge is 0.497 e. The van der Waals surface area contributed by atoms with Crippen LogP contribution in [0.2, 0.25) is 0 Å². The van der Waals surface area contributed by atoms with Gasteiger partial charge >= 0.3 is 0 Å². The molecule has 0 bridgehead atoms. The lowest BCUT2D eigenvalue weighted by atomic mass is 10.2. The molecular formula is C12H13NO3. The topological polar surface area (TPSA) is 51.3 Å². The third kappa shape index (κ3) is 2.16. The van der Waals surface area contributed by atoms with E-state index in [-0.39, 0.29) is 0 Å². The molecule has 1 aromatic heterocycles. The number of carbonyl (C=O) groups is 1. The Labute approximate surface area is 93.2 Å². The summed E-state index contributed by atoms with van der Waals surface area (Å²) in [5.74, 6) is 0.824. The number of H-pyrrole nitrogens is 1. The molecule has 0 aliphatic carbocycles. The highest BCUT2D eigenvalue weighted by molar-refractivity contribution is 5.81. The lowest BCUT2D eigenvalue weighted by molar-refractivity contribution is -0.128. The van der Waals surface area contributed by atoms with E-state index in [9.17, 15) is 4.79 Å². The van der Waals surface area contributed by atoms with Crippen molar-refractivity contribution >= 4 is 17.4 Å². The molecule has 2 rings (SSSR count). The van der Waals surface area contributed by atoms with Crippen LogP contribution in [0.3, 0.4) is 0 Å². The molecule has 0 radical (unpaired) electrons. The molecule has 0 unspecified atom stereocenters. The van der Waals surface area contributed by atoms with Gasteiger partial charge in [-0.2, -0.15) is 0 Å². The van der Waals surface area contributed by atoms with Crippen LogP contribution in [0, 0.1) is 0 Å². The van der Waals surface area contributed by atoms with Crippen LogP contribution in [-0.2, 0) is 16.0 Å². The van der Waals surface area contributed by atoms with Gasteiger partial charge in [0.05, 0.1) is 13.7 Å². The summed E-state index contributed by atoms with van der Waals surface area (Å²) in [7, 11) is 1.64. The van der Waals surface area contributed by atoms with Crippen LogP contribution in [-0.4, -0.2) is 25.2 Å². The number of hydrogen-bond donors (Lipinski definition) is 1. The number of hydrogen-bond acceptors (Lipinski definition) is 3. The molecule has 0 fully saturated rings. The number of carbonyl (C=O) groups excluding carboxylic acids is 1. The van der Waals surface area contributed by atoms with E-state index < -0.39 is 0 Å². The summed E-state index contributed by atoms with van der Waals surface area (Å²) in [6, 6.07) is 7.90. The van der Waals surface area contributed by atoms with Crippen LogP contribution in [0.4, 0.5) is 0 Å². The summed E-state index contributed by atoms with van der Waals surface area (Å²) < 4.78 is 9.79. The van der Waals surface area contributed by atoms with Gasteiger partial charge in [-0.3, -0.25) is 4.79 Å². The minimum atomic E-state index is 0.396. The molecule has 0 aliphatic heterocycles. The first-order valence-electron chi connectivity index (χ1n) is 5.04. The van der Waals surface area contributed by atoms with Crippen molar-refractivity contribution in [1.82, 2.24) is 4.98 Å². The van der Waals surface area contributed by atoms with Crippen LogP contribution in [0.1, 0.15) is 5.69 Å². The maximum Gasteiger partial charge on any atom is 0.293 e. The number of ether oxygens (including phenoxy) is 2. The zero-order valence-corrected chi connectivity index (χ0v) is 9.03. The monoisotopic (exact) mass is 219 g/mol. The Morgan fingerprint density at radius 2 is 2.25 bits per heavy atom. The Morgan fingerprint density at radius 3 is 3.00 bits per heavy atom. The van der Waals surface area contributed by atoms with E-state index in [2.05, 4.69) is 9.72 Å². The SMILES string of the molecule is COc1ccc2cc(CCOC=O)[nH]c2c1. The minimum Gasteiger partial charge on any atom is -0.497 e. The Balaban J connectivity index is 2.19. The second-order valence-corrected chi connectivity index (χ2v) is 3.46. The van der Waals surface area contributed by atoms with Gasteiger partial charge in [0.15, 0.2) is 0 Å². The number of methoxy groups -OCH3 is 1. The second kappa shape index (κ2) is 4.70. The predicted molar refractivity (Wildman–Crippen MR) is 60.6 cm³/mol. The molecule has 0 spiro atoms. The summed E-state index contributed by atoms with van der Waals surface area (Å²) in [6.07, 6.45) is 0.690. The first-order valence-corrected chi connectivity index (χ1v) is 5.04. The van der Waals surface area contributed by atoms with E-state index in [4.69, 9.17) is 4.74 Å². The molecule has 4 nitrogen and oxygen atoms in total. The third-order valence-corrected chi connectivity index (χ3v) is 2.44. The molecule has 0 aliphatic rings. The molecule has 0 atom stereocenters. The van der Waals surface area contributed by atoms with Crippen LogP contribution < -0.4 is 4.74 Å². The standard InChI is InChI=1S/C12H13NO3/c1-15-11-3-2-9-6-10(4-5-16-8-14)13-12(9)7-11/h2-3,6-8,13H,4-5H2,1H3. The highest BCUT2D eigenvalue weighted by atomic mass is 16.5. The van der Waals surface area contributed by atoms with E-state index in [1.54, 1.807) is 7.11 Å². The highest BCUT2D eigenvalue weighted by Crippen LogP contribution is 2.21. The minimum absolute atomic E-state index is 0.396. The number of aromatic nitrogens is 1. The quantitative estimate of drug-likeness (QED) is 0.617. The summed E-state index contributed by atoms with van der Waals surface area (Å²) >= 11 is 0.